The first-order chi connectivity index (χ1) is 6.28. The minimum absolute atomic E-state index is 0.0719. The lowest BCUT2D eigenvalue weighted by Crippen LogP contribution is -1.98. The predicted octanol–water partition coefficient (Wildman–Crippen LogP) is 2.00. The van der Waals surface area contributed by atoms with Gasteiger partial charge in [-0.1, -0.05) is 0 Å². The molecule has 0 N–H and O–H groups in total. The van der Waals surface area contributed by atoms with Gasteiger partial charge in [0.05, 0.1) is 18.6 Å². The zero-order valence-corrected chi connectivity index (χ0v) is 8.23. The van der Waals surface area contributed by atoms with E-state index in [0.717, 1.165) is 24.1 Å². The molecule has 1 fully saturated rings. The molecule has 2 rings (SSSR count). The highest BCUT2D eigenvalue weighted by molar-refractivity contribution is 7.05. The molecule has 0 radical (unpaired) electrons. The Kier molecular flexibility index (Phi) is 1.97. The van der Waals surface area contributed by atoms with Gasteiger partial charge in [0, 0.05) is 17.4 Å². The molecule has 1 aliphatic rings. The van der Waals surface area contributed by atoms with Gasteiger partial charge in [-0.25, -0.2) is 0 Å². The third-order valence-corrected chi connectivity index (χ3v) is 3.12. The summed E-state index contributed by atoms with van der Waals surface area (Å²) in [6, 6.07) is 4.28. The first kappa shape index (κ1) is 8.52. The van der Waals surface area contributed by atoms with Crippen molar-refractivity contribution in [2.24, 2.45) is 5.41 Å². The number of hydrogen-bond acceptors (Lipinski definition) is 4. The molecule has 0 bridgehead atoms. The van der Waals surface area contributed by atoms with Crippen LogP contribution in [0, 0.1) is 16.7 Å². The summed E-state index contributed by atoms with van der Waals surface area (Å²) in [5.41, 5.74) is -0.0719. The fourth-order valence-electron chi connectivity index (χ4n) is 1.29. The van der Waals surface area contributed by atoms with Crippen molar-refractivity contribution in [1.82, 2.24) is 4.37 Å². The van der Waals surface area contributed by atoms with Crippen LogP contribution in [0.2, 0.25) is 0 Å². The van der Waals surface area contributed by atoms with E-state index in [1.165, 1.54) is 11.5 Å². The molecular weight excluding hydrogens is 184 g/mol. The molecule has 13 heavy (non-hydrogen) atoms. The molecule has 4 heteroatoms. The maximum absolute atomic E-state index is 8.88. The van der Waals surface area contributed by atoms with Crippen molar-refractivity contribution < 1.29 is 4.74 Å². The number of nitrogens with zero attached hydrogens (tertiary/aromatic N) is 2. The number of nitriles is 1. The molecule has 68 valence electrons. The Hall–Kier alpha value is -1.08. The van der Waals surface area contributed by atoms with E-state index in [-0.39, 0.29) is 5.41 Å². The highest BCUT2D eigenvalue weighted by Gasteiger charge is 2.43. The van der Waals surface area contributed by atoms with Gasteiger partial charge < -0.3 is 4.74 Å². The Morgan fingerprint density at radius 2 is 2.54 bits per heavy atom. The summed E-state index contributed by atoms with van der Waals surface area (Å²) in [5.74, 6) is 0.661. The van der Waals surface area contributed by atoms with Gasteiger partial charge in [-0.3, -0.25) is 0 Å². The van der Waals surface area contributed by atoms with Crippen LogP contribution in [0.5, 0.6) is 5.88 Å². The smallest absolute Gasteiger partial charge is 0.225 e. The fraction of sp³-hybridized carbons (Fsp3) is 0.556. The molecule has 0 atom stereocenters. The average Bonchev–Trinajstić information content (AvgIpc) is 2.77. The van der Waals surface area contributed by atoms with Crippen molar-refractivity contribution in [3.63, 3.8) is 0 Å². The summed E-state index contributed by atoms with van der Waals surface area (Å²) >= 11 is 1.43. The van der Waals surface area contributed by atoms with Crippen LogP contribution >= 0.6 is 11.5 Å². The Morgan fingerprint density at radius 3 is 3.00 bits per heavy atom. The van der Waals surface area contributed by atoms with Crippen LogP contribution in [0.25, 0.3) is 0 Å². The van der Waals surface area contributed by atoms with Gasteiger partial charge in [0.1, 0.15) is 0 Å². The number of hydrogen-bond donors (Lipinski definition) is 0. The second-order valence-corrected chi connectivity index (χ2v) is 4.29. The first-order valence-electron chi connectivity index (χ1n) is 4.19. The second kappa shape index (κ2) is 3.00. The lowest BCUT2D eigenvalue weighted by Gasteiger charge is -1.99. The summed E-state index contributed by atoms with van der Waals surface area (Å²) < 4.78 is 9.07. The lowest BCUT2D eigenvalue weighted by atomic mass is 10.0. The molecular formula is C9H10N2OS. The molecule has 1 aromatic rings. The van der Waals surface area contributed by atoms with Crippen LogP contribution in [-0.2, 0) is 6.42 Å². The largest absolute Gasteiger partial charge is 0.480 e. The third-order valence-electron chi connectivity index (χ3n) is 2.35. The summed E-state index contributed by atoms with van der Waals surface area (Å²) in [7, 11) is 1.61. The van der Waals surface area contributed by atoms with Crippen molar-refractivity contribution in [1.29, 1.82) is 5.26 Å². The molecule has 0 aromatic carbocycles. The summed E-state index contributed by atoms with van der Waals surface area (Å²) in [6.45, 7) is 0. The standard InChI is InChI=1S/C9H10N2OS/c1-12-8-4-7(13-11-8)5-9(6-10)2-3-9/h4H,2-3,5H2,1H3. The summed E-state index contributed by atoms with van der Waals surface area (Å²) in [6.07, 6.45) is 2.90. The van der Waals surface area contributed by atoms with Crippen LogP contribution in [0.4, 0.5) is 0 Å². The Morgan fingerprint density at radius 1 is 1.77 bits per heavy atom. The first-order valence-corrected chi connectivity index (χ1v) is 4.96. The number of ether oxygens (including phenoxy) is 1. The molecule has 0 amide bonds. The Bertz CT molecular complexity index is 349. The Labute approximate surface area is 81.1 Å². The molecule has 0 saturated heterocycles. The zero-order valence-electron chi connectivity index (χ0n) is 7.41. The molecule has 1 saturated carbocycles. The normalized spacial score (nSPS) is 17.8. The van der Waals surface area contributed by atoms with E-state index < -0.39 is 0 Å². The summed E-state index contributed by atoms with van der Waals surface area (Å²) in [4.78, 5) is 1.15. The van der Waals surface area contributed by atoms with Crippen LogP contribution < -0.4 is 4.74 Å². The SMILES string of the molecule is COc1cc(CC2(C#N)CC2)sn1. The van der Waals surface area contributed by atoms with E-state index in [4.69, 9.17) is 10.00 Å². The highest BCUT2D eigenvalue weighted by Crippen LogP contribution is 2.48. The maximum Gasteiger partial charge on any atom is 0.225 e. The molecule has 0 spiro atoms. The number of aromatic nitrogens is 1. The monoisotopic (exact) mass is 194 g/mol. The minimum Gasteiger partial charge on any atom is -0.480 e. The van der Waals surface area contributed by atoms with Crippen LogP contribution in [-0.4, -0.2) is 11.5 Å². The quantitative estimate of drug-likeness (QED) is 0.739. The van der Waals surface area contributed by atoms with Crippen molar-refractivity contribution in [3.8, 4) is 11.9 Å². The minimum atomic E-state index is -0.0719. The lowest BCUT2D eigenvalue weighted by molar-refractivity contribution is 0.402. The highest BCUT2D eigenvalue weighted by atomic mass is 32.1. The second-order valence-electron chi connectivity index (χ2n) is 3.40. The molecule has 0 unspecified atom stereocenters. The molecule has 1 aromatic heterocycles. The van der Waals surface area contributed by atoms with E-state index in [2.05, 4.69) is 10.4 Å². The van der Waals surface area contributed by atoms with Crippen molar-refractivity contribution >= 4 is 11.5 Å². The van der Waals surface area contributed by atoms with E-state index in [0.29, 0.717) is 5.88 Å². The van der Waals surface area contributed by atoms with Crippen molar-refractivity contribution in [2.45, 2.75) is 19.3 Å². The van der Waals surface area contributed by atoms with Gasteiger partial charge in [-0.15, -0.1) is 0 Å². The van der Waals surface area contributed by atoms with Gasteiger partial charge >= 0.3 is 0 Å². The van der Waals surface area contributed by atoms with E-state index >= 15 is 0 Å². The molecule has 1 heterocycles. The topological polar surface area (TPSA) is 45.9 Å². The molecule has 0 aliphatic heterocycles. The van der Waals surface area contributed by atoms with Crippen LogP contribution in [0.1, 0.15) is 17.7 Å². The van der Waals surface area contributed by atoms with Gasteiger partial charge in [-0.05, 0) is 24.4 Å². The van der Waals surface area contributed by atoms with E-state index in [9.17, 15) is 0 Å². The van der Waals surface area contributed by atoms with E-state index in [1.807, 2.05) is 6.07 Å². The van der Waals surface area contributed by atoms with Gasteiger partial charge in [-0.2, -0.15) is 9.64 Å². The van der Waals surface area contributed by atoms with Crippen molar-refractivity contribution in [2.75, 3.05) is 7.11 Å². The third kappa shape index (κ3) is 1.65. The maximum atomic E-state index is 8.88. The summed E-state index contributed by atoms with van der Waals surface area (Å²) in [5, 5.41) is 8.88. The number of rotatable bonds is 3. The molecule has 1 aliphatic carbocycles. The van der Waals surface area contributed by atoms with E-state index in [1.54, 1.807) is 7.11 Å². The van der Waals surface area contributed by atoms with Crippen LogP contribution in [0.15, 0.2) is 6.07 Å². The fourth-order valence-corrected chi connectivity index (χ4v) is 2.11. The molecule has 3 nitrogen and oxygen atoms in total. The van der Waals surface area contributed by atoms with Gasteiger partial charge in [0.25, 0.3) is 0 Å². The van der Waals surface area contributed by atoms with Gasteiger partial charge in [0.15, 0.2) is 0 Å². The van der Waals surface area contributed by atoms with Gasteiger partial charge in [0.2, 0.25) is 5.88 Å². The average molecular weight is 194 g/mol. The van der Waals surface area contributed by atoms with Crippen LogP contribution in [0.3, 0.4) is 0 Å². The van der Waals surface area contributed by atoms with Crippen molar-refractivity contribution in [3.05, 3.63) is 10.9 Å². The zero-order chi connectivity index (χ0) is 9.31. The number of methoxy groups -OCH3 is 1. The predicted molar refractivity (Wildman–Crippen MR) is 49.7 cm³/mol. The Balaban J connectivity index is 2.06.